The van der Waals surface area contributed by atoms with Crippen molar-refractivity contribution in [2.45, 2.75) is 25.4 Å². The minimum Gasteiger partial charge on any atom is -0.441 e. The predicted octanol–water partition coefficient (Wildman–Crippen LogP) is 3.59. The average Bonchev–Trinajstić information content (AvgIpc) is 2.77. The van der Waals surface area contributed by atoms with Crippen molar-refractivity contribution >= 4 is 11.8 Å². The third-order valence-corrected chi connectivity index (χ3v) is 3.81. The molecule has 0 saturated heterocycles. The average molecular weight is 243 g/mol. The number of ether oxygens (including phenoxy) is 1. The molecule has 0 aliphatic heterocycles. The van der Waals surface area contributed by atoms with Gasteiger partial charge in [0.15, 0.2) is 0 Å². The van der Waals surface area contributed by atoms with E-state index in [-0.39, 0.29) is 12.2 Å². The summed E-state index contributed by atoms with van der Waals surface area (Å²) >= 11 is 0. The van der Waals surface area contributed by atoms with Crippen LogP contribution in [0.4, 0.5) is 10.5 Å². The van der Waals surface area contributed by atoms with Crippen molar-refractivity contribution in [3.63, 3.8) is 0 Å². The fourth-order valence-electron chi connectivity index (χ4n) is 2.88. The van der Waals surface area contributed by atoms with Gasteiger partial charge in [-0.1, -0.05) is 24.3 Å². The molecule has 3 rings (SSSR count). The number of fused-ring (bicyclic) bond motifs is 2. The molecule has 2 aliphatic rings. The predicted molar refractivity (Wildman–Crippen MR) is 70.3 cm³/mol. The molecule has 2 bridgehead atoms. The molecule has 1 N–H and O–H groups in total. The summed E-state index contributed by atoms with van der Waals surface area (Å²) in [5.74, 6) is 1.23. The monoisotopic (exact) mass is 243 g/mol. The molecule has 1 amide bonds. The molecular weight excluding hydrogens is 226 g/mol. The van der Waals surface area contributed by atoms with Crippen LogP contribution in [0, 0.1) is 11.8 Å². The lowest BCUT2D eigenvalue weighted by Crippen LogP contribution is -2.28. The van der Waals surface area contributed by atoms with E-state index >= 15 is 0 Å². The molecule has 1 aromatic rings. The van der Waals surface area contributed by atoms with Crippen molar-refractivity contribution in [2.75, 3.05) is 5.32 Å². The molecule has 0 heterocycles. The van der Waals surface area contributed by atoms with Crippen molar-refractivity contribution in [3.8, 4) is 0 Å². The molecule has 1 aromatic carbocycles. The van der Waals surface area contributed by atoms with Crippen molar-refractivity contribution < 1.29 is 9.53 Å². The molecule has 0 spiro atoms. The van der Waals surface area contributed by atoms with Crippen LogP contribution in [0.1, 0.15) is 19.3 Å². The first-order chi connectivity index (χ1) is 8.81. The summed E-state index contributed by atoms with van der Waals surface area (Å²) in [5, 5.41) is 2.75. The smallest absolute Gasteiger partial charge is 0.412 e. The first-order valence-electron chi connectivity index (χ1n) is 6.52. The normalized spacial score (nSPS) is 29.0. The summed E-state index contributed by atoms with van der Waals surface area (Å²) < 4.78 is 5.49. The zero-order chi connectivity index (χ0) is 12.4. The highest BCUT2D eigenvalue weighted by atomic mass is 16.6. The molecule has 0 unspecified atom stereocenters. The molecule has 3 nitrogen and oxygen atoms in total. The second-order valence-electron chi connectivity index (χ2n) is 5.08. The van der Waals surface area contributed by atoms with Crippen molar-refractivity contribution in [1.82, 2.24) is 0 Å². The van der Waals surface area contributed by atoms with Crippen LogP contribution in [0.15, 0.2) is 42.5 Å². The van der Waals surface area contributed by atoms with E-state index in [2.05, 4.69) is 17.5 Å². The zero-order valence-electron chi connectivity index (χ0n) is 10.2. The van der Waals surface area contributed by atoms with Crippen LogP contribution >= 0.6 is 0 Å². The number of hydrogen-bond donors (Lipinski definition) is 1. The van der Waals surface area contributed by atoms with Gasteiger partial charge in [0, 0.05) is 11.6 Å². The quantitative estimate of drug-likeness (QED) is 0.806. The number of amides is 1. The summed E-state index contributed by atoms with van der Waals surface area (Å²) in [6.07, 6.45) is 7.41. The maximum atomic E-state index is 11.8. The Hall–Kier alpha value is -1.77. The molecule has 3 atom stereocenters. The largest absolute Gasteiger partial charge is 0.441 e. The number of hydrogen-bond acceptors (Lipinski definition) is 2. The third kappa shape index (κ3) is 2.40. The van der Waals surface area contributed by atoms with Gasteiger partial charge in [0.1, 0.15) is 6.10 Å². The minimum absolute atomic E-state index is 0.0486. The Labute approximate surface area is 107 Å². The number of benzene rings is 1. The molecule has 0 aromatic heterocycles. The van der Waals surface area contributed by atoms with E-state index in [9.17, 15) is 4.79 Å². The molecular formula is C15H17NO2. The van der Waals surface area contributed by atoms with E-state index in [1.807, 2.05) is 30.3 Å². The molecule has 1 saturated carbocycles. The van der Waals surface area contributed by atoms with Gasteiger partial charge in [0.2, 0.25) is 0 Å². The minimum atomic E-state index is -0.360. The first kappa shape index (κ1) is 11.3. The standard InChI is InChI=1S/C15H17NO2/c17-15(16-13-4-2-1-3-5-13)18-14-9-7-11-6-8-12(14)10-11/h1-5,7,9,11-12,14H,6,8,10H2,(H,16,17)/t11-,12+,14-/m0/s1. The van der Waals surface area contributed by atoms with Crippen LogP contribution in [-0.4, -0.2) is 12.2 Å². The van der Waals surface area contributed by atoms with Gasteiger partial charge < -0.3 is 4.74 Å². The Balaban J connectivity index is 1.58. The number of allylic oxidation sites excluding steroid dienone is 1. The van der Waals surface area contributed by atoms with E-state index in [1.54, 1.807) is 0 Å². The maximum Gasteiger partial charge on any atom is 0.412 e. The van der Waals surface area contributed by atoms with Gasteiger partial charge in [-0.05, 0) is 43.4 Å². The second kappa shape index (κ2) is 4.84. The van der Waals surface area contributed by atoms with Gasteiger partial charge in [-0.25, -0.2) is 4.79 Å². The van der Waals surface area contributed by atoms with Crippen molar-refractivity contribution in [1.29, 1.82) is 0 Å². The first-order valence-corrected chi connectivity index (χ1v) is 6.52. The van der Waals surface area contributed by atoms with Crippen LogP contribution in [0.3, 0.4) is 0 Å². The van der Waals surface area contributed by atoms with Crippen LogP contribution in [0.5, 0.6) is 0 Å². The van der Waals surface area contributed by atoms with Crippen molar-refractivity contribution in [3.05, 3.63) is 42.5 Å². The lowest BCUT2D eigenvalue weighted by atomic mass is 9.93. The van der Waals surface area contributed by atoms with Crippen molar-refractivity contribution in [2.24, 2.45) is 11.8 Å². The molecule has 1 fully saturated rings. The van der Waals surface area contributed by atoms with Gasteiger partial charge in [-0.15, -0.1) is 0 Å². The zero-order valence-corrected chi connectivity index (χ0v) is 10.2. The molecule has 2 aliphatic carbocycles. The Morgan fingerprint density at radius 1 is 1.17 bits per heavy atom. The summed E-state index contributed by atoms with van der Waals surface area (Å²) in [6, 6.07) is 9.39. The van der Waals surface area contributed by atoms with Gasteiger partial charge in [-0.2, -0.15) is 0 Å². The molecule has 18 heavy (non-hydrogen) atoms. The number of para-hydroxylation sites is 1. The Morgan fingerprint density at radius 2 is 2.00 bits per heavy atom. The number of nitrogens with one attached hydrogen (secondary N) is 1. The van der Waals surface area contributed by atoms with Gasteiger partial charge >= 0.3 is 6.09 Å². The van der Waals surface area contributed by atoms with Gasteiger partial charge in [0.25, 0.3) is 0 Å². The van der Waals surface area contributed by atoms with Gasteiger partial charge in [-0.3, -0.25) is 5.32 Å². The van der Waals surface area contributed by atoms with Crippen LogP contribution in [-0.2, 0) is 4.74 Å². The van der Waals surface area contributed by atoms with E-state index in [0.29, 0.717) is 11.8 Å². The Morgan fingerprint density at radius 3 is 2.83 bits per heavy atom. The lowest BCUT2D eigenvalue weighted by Gasteiger charge is -2.23. The molecule has 3 heteroatoms. The third-order valence-electron chi connectivity index (χ3n) is 3.81. The fraction of sp³-hybridized carbons (Fsp3) is 0.400. The molecule has 0 radical (unpaired) electrons. The molecule has 94 valence electrons. The highest BCUT2D eigenvalue weighted by Crippen LogP contribution is 2.39. The fourth-order valence-corrected chi connectivity index (χ4v) is 2.88. The van der Waals surface area contributed by atoms with Crippen LogP contribution < -0.4 is 5.32 Å². The van der Waals surface area contributed by atoms with Gasteiger partial charge in [0.05, 0.1) is 0 Å². The second-order valence-corrected chi connectivity index (χ2v) is 5.08. The van der Waals surface area contributed by atoms with E-state index in [0.717, 1.165) is 5.69 Å². The number of anilines is 1. The summed E-state index contributed by atoms with van der Waals surface area (Å²) in [5.41, 5.74) is 0.770. The van der Waals surface area contributed by atoms with Crippen LogP contribution in [0.2, 0.25) is 0 Å². The summed E-state index contributed by atoms with van der Waals surface area (Å²) in [7, 11) is 0. The van der Waals surface area contributed by atoms with E-state index in [1.165, 1.54) is 19.3 Å². The SMILES string of the molecule is O=C(Nc1ccccc1)O[C@H]1C=C[C@@H]2CC[C@@H]1C2. The number of carbonyl (C=O) groups excluding carboxylic acids is 1. The Kier molecular flexibility index (Phi) is 3.05. The summed E-state index contributed by atoms with van der Waals surface area (Å²) in [6.45, 7) is 0. The maximum absolute atomic E-state index is 11.8. The Bertz CT molecular complexity index is 455. The summed E-state index contributed by atoms with van der Waals surface area (Å²) in [4.78, 5) is 11.8. The van der Waals surface area contributed by atoms with E-state index in [4.69, 9.17) is 4.74 Å². The highest BCUT2D eigenvalue weighted by molar-refractivity contribution is 5.84. The topological polar surface area (TPSA) is 38.3 Å². The number of rotatable bonds is 2. The lowest BCUT2D eigenvalue weighted by molar-refractivity contribution is 0.0985. The highest BCUT2D eigenvalue weighted by Gasteiger charge is 2.34. The van der Waals surface area contributed by atoms with E-state index < -0.39 is 0 Å². The number of carbonyl (C=O) groups is 1. The van der Waals surface area contributed by atoms with Crippen LogP contribution in [0.25, 0.3) is 0 Å².